The highest BCUT2D eigenvalue weighted by Gasteiger charge is 2.01. The molecule has 1 aromatic carbocycles. The van der Waals surface area contributed by atoms with Gasteiger partial charge in [-0.25, -0.2) is 14.4 Å². The average molecular weight is 344 g/mol. The number of guanidine groups is 1. The number of aliphatic imine (C=N–C) groups is 1. The van der Waals surface area contributed by atoms with Gasteiger partial charge in [0.25, 0.3) is 0 Å². The van der Waals surface area contributed by atoms with Gasteiger partial charge in [-0.05, 0) is 43.2 Å². The summed E-state index contributed by atoms with van der Waals surface area (Å²) >= 11 is 0. The fourth-order valence-electron chi connectivity index (χ4n) is 2.08. The van der Waals surface area contributed by atoms with Crippen LogP contribution in [0.3, 0.4) is 0 Å². The molecule has 0 aliphatic heterocycles. The zero-order valence-electron chi connectivity index (χ0n) is 14.8. The minimum atomic E-state index is -0.294. The van der Waals surface area contributed by atoms with Crippen molar-refractivity contribution in [3.63, 3.8) is 0 Å². The first-order valence-corrected chi connectivity index (χ1v) is 8.61. The Labute approximate surface area is 148 Å². The number of pyridine rings is 1. The number of rotatable bonds is 8. The van der Waals surface area contributed by atoms with Gasteiger partial charge in [0.05, 0.1) is 6.54 Å². The summed E-state index contributed by atoms with van der Waals surface area (Å²) in [6.45, 7) is 6.46. The third-order valence-corrected chi connectivity index (χ3v) is 3.42. The van der Waals surface area contributed by atoms with Crippen molar-refractivity contribution in [3.05, 3.63) is 54.0 Å². The summed E-state index contributed by atoms with van der Waals surface area (Å²) in [5, 5.41) is 6.53. The maximum atomic E-state index is 12.9. The normalized spacial score (nSPS) is 11.2. The molecule has 2 aromatic rings. The lowest BCUT2D eigenvalue weighted by Crippen LogP contribution is -2.37. The average Bonchev–Trinajstić information content (AvgIpc) is 2.63. The van der Waals surface area contributed by atoms with Crippen molar-refractivity contribution >= 4 is 5.96 Å². The van der Waals surface area contributed by atoms with Gasteiger partial charge in [0.2, 0.25) is 5.88 Å². The summed E-state index contributed by atoms with van der Waals surface area (Å²) in [5.41, 5.74) is 0.985. The molecule has 0 fully saturated rings. The van der Waals surface area contributed by atoms with E-state index in [1.807, 2.05) is 13.0 Å². The predicted octanol–water partition coefficient (Wildman–Crippen LogP) is 3.87. The summed E-state index contributed by atoms with van der Waals surface area (Å²) in [5.74, 6) is 1.53. The zero-order chi connectivity index (χ0) is 17.9. The van der Waals surface area contributed by atoms with Crippen LogP contribution < -0.4 is 15.4 Å². The fraction of sp³-hybridized carbons (Fsp3) is 0.368. The van der Waals surface area contributed by atoms with Crippen molar-refractivity contribution in [2.45, 2.75) is 33.2 Å². The maximum Gasteiger partial charge on any atom is 0.219 e. The van der Waals surface area contributed by atoms with Crippen molar-refractivity contribution in [1.29, 1.82) is 0 Å². The molecule has 134 valence electrons. The number of unbranched alkanes of at least 4 members (excludes halogenated alkanes) is 1. The van der Waals surface area contributed by atoms with Crippen molar-refractivity contribution in [2.24, 2.45) is 4.99 Å². The third kappa shape index (κ3) is 6.79. The highest BCUT2D eigenvalue weighted by molar-refractivity contribution is 5.79. The number of hydrogen-bond acceptors (Lipinski definition) is 3. The summed E-state index contributed by atoms with van der Waals surface area (Å²) in [6.07, 6.45) is 3.99. The van der Waals surface area contributed by atoms with E-state index in [0.29, 0.717) is 18.2 Å². The molecule has 1 aromatic heterocycles. The first-order valence-electron chi connectivity index (χ1n) is 8.61. The van der Waals surface area contributed by atoms with Crippen LogP contribution in [0.25, 0.3) is 0 Å². The minimum Gasteiger partial charge on any atom is -0.439 e. The lowest BCUT2D eigenvalue weighted by atomic mass is 10.3. The molecule has 0 saturated heterocycles. The van der Waals surface area contributed by atoms with Crippen LogP contribution in [-0.4, -0.2) is 24.0 Å². The predicted molar refractivity (Wildman–Crippen MR) is 98.4 cm³/mol. The standard InChI is InChI=1S/C19H25FN4O/c1-3-5-12-22-19(21-4-2)24-14-15-6-11-18(23-13-15)25-17-9-7-16(20)8-10-17/h6-11,13H,3-5,12,14H2,1-2H3,(H2,21,22,24). The van der Waals surface area contributed by atoms with Gasteiger partial charge in [-0.2, -0.15) is 0 Å². The molecule has 0 bridgehead atoms. The number of nitrogens with zero attached hydrogens (tertiary/aromatic N) is 2. The molecule has 0 saturated carbocycles. The van der Waals surface area contributed by atoms with Crippen LogP contribution in [0.5, 0.6) is 11.6 Å². The molecule has 0 aliphatic rings. The molecule has 0 atom stereocenters. The van der Waals surface area contributed by atoms with Gasteiger partial charge in [0.1, 0.15) is 11.6 Å². The topological polar surface area (TPSA) is 58.5 Å². The Hall–Kier alpha value is -2.63. The Kier molecular flexibility index (Phi) is 7.69. The molecule has 6 heteroatoms. The van der Waals surface area contributed by atoms with E-state index >= 15 is 0 Å². The van der Waals surface area contributed by atoms with Gasteiger partial charge in [-0.15, -0.1) is 0 Å². The van der Waals surface area contributed by atoms with Crippen LogP contribution in [0.4, 0.5) is 4.39 Å². The molecular weight excluding hydrogens is 319 g/mol. The van der Waals surface area contributed by atoms with Crippen LogP contribution in [0.1, 0.15) is 32.3 Å². The van der Waals surface area contributed by atoms with Crippen molar-refractivity contribution in [2.75, 3.05) is 13.1 Å². The number of nitrogens with one attached hydrogen (secondary N) is 2. The second-order valence-electron chi connectivity index (χ2n) is 5.54. The first-order chi connectivity index (χ1) is 12.2. The smallest absolute Gasteiger partial charge is 0.219 e. The molecule has 2 N–H and O–H groups in total. The zero-order valence-corrected chi connectivity index (χ0v) is 14.8. The van der Waals surface area contributed by atoms with Crippen molar-refractivity contribution in [3.8, 4) is 11.6 Å². The first kappa shape index (κ1) is 18.7. The number of hydrogen-bond donors (Lipinski definition) is 2. The second kappa shape index (κ2) is 10.3. The molecule has 0 aliphatic carbocycles. The maximum absolute atomic E-state index is 12.9. The van der Waals surface area contributed by atoms with Crippen molar-refractivity contribution < 1.29 is 9.13 Å². The Balaban J connectivity index is 1.91. The van der Waals surface area contributed by atoms with Gasteiger partial charge in [0.15, 0.2) is 5.96 Å². The van der Waals surface area contributed by atoms with Gasteiger partial charge < -0.3 is 15.4 Å². The van der Waals surface area contributed by atoms with Gasteiger partial charge >= 0.3 is 0 Å². The van der Waals surface area contributed by atoms with E-state index in [4.69, 9.17) is 4.74 Å². The van der Waals surface area contributed by atoms with Gasteiger partial charge in [0, 0.05) is 25.4 Å². The highest BCUT2D eigenvalue weighted by atomic mass is 19.1. The summed E-state index contributed by atoms with van der Waals surface area (Å²) in [6, 6.07) is 9.55. The van der Waals surface area contributed by atoms with Crippen LogP contribution in [0.15, 0.2) is 47.6 Å². The molecule has 1 heterocycles. The van der Waals surface area contributed by atoms with Gasteiger partial charge in [-0.3, -0.25) is 0 Å². The SMILES string of the molecule is CCCCNC(=NCc1ccc(Oc2ccc(F)cc2)nc1)NCC. The minimum absolute atomic E-state index is 0.294. The number of halogens is 1. The molecule has 25 heavy (non-hydrogen) atoms. The summed E-state index contributed by atoms with van der Waals surface area (Å²) in [4.78, 5) is 8.82. The lowest BCUT2D eigenvalue weighted by Gasteiger charge is -2.10. The van der Waals surface area contributed by atoms with Gasteiger partial charge in [-0.1, -0.05) is 19.4 Å². The Morgan fingerprint density at radius 2 is 1.92 bits per heavy atom. The van der Waals surface area contributed by atoms with E-state index in [9.17, 15) is 4.39 Å². The van der Waals surface area contributed by atoms with Crippen LogP contribution in [0.2, 0.25) is 0 Å². The molecule has 0 radical (unpaired) electrons. The number of ether oxygens (including phenoxy) is 1. The highest BCUT2D eigenvalue weighted by Crippen LogP contribution is 2.19. The molecule has 0 spiro atoms. The van der Waals surface area contributed by atoms with E-state index in [0.717, 1.165) is 37.5 Å². The molecule has 2 rings (SSSR count). The monoisotopic (exact) mass is 344 g/mol. The third-order valence-electron chi connectivity index (χ3n) is 3.42. The van der Waals surface area contributed by atoms with Crippen LogP contribution in [-0.2, 0) is 6.54 Å². The van der Waals surface area contributed by atoms with Crippen molar-refractivity contribution in [1.82, 2.24) is 15.6 Å². The number of benzene rings is 1. The van der Waals surface area contributed by atoms with E-state index in [1.54, 1.807) is 24.4 Å². The molecule has 0 amide bonds. The molecule has 5 nitrogen and oxygen atoms in total. The lowest BCUT2D eigenvalue weighted by molar-refractivity contribution is 0.461. The largest absolute Gasteiger partial charge is 0.439 e. The fourth-order valence-corrected chi connectivity index (χ4v) is 2.08. The molecular formula is C19H25FN4O. The molecule has 0 unspecified atom stereocenters. The van der Waals surface area contributed by atoms with E-state index in [2.05, 4.69) is 27.5 Å². The second-order valence-corrected chi connectivity index (χ2v) is 5.54. The van der Waals surface area contributed by atoms with Crippen LogP contribution in [0, 0.1) is 5.82 Å². The van der Waals surface area contributed by atoms with Crippen LogP contribution >= 0.6 is 0 Å². The van der Waals surface area contributed by atoms with E-state index in [1.165, 1.54) is 12.1 Å². The quantitative estimate of drug-likeness (QED) is 0.434. The summed E-state index contributed by atoms with van der Waals surface area (Å²) < 4.78 is 18.5. The number of aromatic nitrogens is 1. The van der Waals surface area contributed by atoms with E-state index < -0.39 is 0 Å². The van der Waals surface area contributed by atoms with E-state index in [-0.39, 0.29) is 5.82 Å². The summed E-state index contributed by atoms with van der Waals surface area (Å²) in [7, 11) is 0. The Bertz CT molecular complexity index is 656. The Morgan fingerprint density at radius 3 is 2.56 bits per heavy atom. The Morgan fingerprint density at radius 1 is 1.12 bits per heavy atom.